The number of carbonyl (C=O) groups excluding carboxylic acids is 1. The normalized spacial score (nSPS) is 12.5. The number of Topliss-reactive ketones (excluding diaryl/α,β-unsaturated/α-hetero) is 1. The van der Waals surface area contributed by atoms with E-state index in [4.69, 9.17) is 5.11 Å². The van der Waals surface area contributed by atoms with Gasteiger partial charge in [-0.25, -0.2) is 0 Å². The van der Waals surface area contributed by atoms with Crippen molar-refractivity contribution in [3.05, 3.63) is 0 Å². The highest BCUT2D eigenvalue weighted by atomic mass is 16.4. The topological polar surface area (TPSA) is 54.4 Å². The minimum absolute atomic E-state index is 0.0670. The van der Waals surface area contributed by atoms with Crippen molar-refractivity contribution in [3.8, 4) is 0 Å². The molecule has 3 heteroatoms. The summed E-state index contributed by atoms with van der Waals surface area (Å²) >= 11 is 0. The number of hydrogen-bond donors (Lipinski definition) is 1. The van der Waals surface area contributed by atoms with Crippen LogP contribution in [0, 0.1) is 5.92 Å². The molecular weight excluding hydrogens is 156 g/mol. The van der Waals surface area contributed by atoms with Crippen LogP contribution in [0.15, 0.2) is 0 Å². The molecule has 3 nitrogen and oxygen atoms in total. The van der Waals surface area contributed by atoms with E-state index in [0.29, 0.717) is 19.3 Å². The maximum Gasteiger partial charge on any atom is 0.306 e. The third kappa shape index (κ3) is 4.88. The second-order valence-corrected chi connectivity index (χ2v) is 3.06. The van der Waals surface area contributed by atoms with Crippen molar-refractivity contribution in [1.82, 2.24) is 0 Å². The first kappa shape index (κ1) is 11.1. The third-order valence-corrected chi connectivity index (χ3v) is 1.83. The Bertz CT molecular complexity index is 163. The Morgan fingerprint density at radius 3 is 2.25 bits per heavy atom. The summed E-state index contributed by atoms with van der Waals surface area (Å²) in [5, 5.41) is 8.71. The molecule has 1 N–H and O–H groups in total. The first-order chi connectivity index (χ1) is 5.57. The fourth-order valence-electron chi connectivity index (χ4n) is 1.12. The number of carboxylic acids is 1. The van der Waals surface area contributed by atoms with E-state index >= 15 is 0 Å². The van der Waals surface area contributed by atoms with Crippen LogP contribution in [0.2, 0.25) is 0 Å². The van der Waals surface area contributed by atoms with Crippen molar-refractivity contribution in [2.45, 2.75) is 39.5 Å². The Morgan fingerprint density at radius 1 is 1.33 bits per heavy atom. The van der Waals surface area contributed by atoms with Crippen LogP contribution in [0.3, 0.4) is 0 Å². The summed E-state index contributed by atoms with van der Waals surface area (Å²) in [6.45, 7) is 3.44. The molecule has 0 aliphatic heterocycles. The monoisotopic (exact) mass is 172 g/mol. The van der Waals surface area contributed by atoms with E-state index in [9.17, 15) is 9.59 Å². The number of carbonyl (C=O) groups is 2. The Hall–Kier alpha value is -0.860. The van der Waals surface area contributed by atoms with Crippen LogP contribution in [0.4, 0.5) is 0 Å². The van der Waals surface area contributed by atoms with Crippen LogP contribution in [0.1, 0.15) is 39.5 Å². The van der Waals surface area contributed by atoms with Gasteiger partial charge in [-0.05, 0) is 19.8 Å². The lowest BCUT2D eigenvalue weighted by molar-refractivity contribution is -0.142. The molecular formula is C9H16O3. The average molecular weight is 172 g/mol. The highest BCUT2D eigenvalue weighted by Gasteiger charge is 2.16. The van der Waals surface area contributed by atoms with Crippen LogP contribution in [-0.2, 0) is 9.59 Å². The van der Waals surface area contributed by atoms with Gasteiger partial charge in [-0.15, -0.1) is 0 Å². The van der Waals surface area contributed by atoms with E-state index in [1.54, 1.807) is 0 Å². The van der Waals surface area contributed by atoms with Crippen molar-refractivity contribution in [2.75, 3.05) is 0 Å². The number of rotatable bonds is 6. The molecule has 12 heavy (non-hydrogen) atoms. The van der Waals surface area contributed by atoms with Gasteiger partial charge in [-0.1, -0.05) is 13.3 Å². The van der Waals surface area contributed by atoms with Crippen LogP contribution in [0.25, 0.3) is 0 Å². The van der Waals surface area contributed by atoms with E-state index < -0.39 is 5.97 Å². The summed E-state index contributed by atoms with van der Waals surface area (Å²) in [7, 11) is 0. The van der Waals surface area contributed by atoms with E-state index in [1.807, 2.05) is 6.92 Å². The number of carboxylic acid groups (broad SMARTS) is 1. The van der Waals surface area contributed by atoms with E-state index in [0.717, 1.165) is 6.42 Å². The highest BCUT2D eigenvalue weighted by molar-refractivity contribution is 5.76. The maximum absolute atomic E-state index is 10.6. The van der Waals surface area contributed by atoms with Gasteiger partial charge in [0.25, 0.3) is 0 Å². The molecule has 0 bridgehead atoms. The molecule has 0 aromatic heterocycles. The zero-order chi connectivity index (χ0) is 9.56. The van der Waals surface area contributed by atoms with Crippen LogP contribution >= 0.6 is 0 Å². The summed E-state index contributed by atoms with van der Waals surface area (Å²) < 4.78 is 0. The molecule has 0 aliphatic carbocycles. The van der Waals surface area contributed by atoms with Gasteiger partial charge in [-0.3, -0.25) is 4.79 Å². The Labute approximate surface area is 72.8 Å². The fraction of sp³-hybridized carbons (Fsp3) is 0.778. The van der Waals surface area contributed by atoms with Gasteiger partial charge in [0, 0.05) is 6.42 Å². The van der Waals surface area contributed by atoms with Crippen LogP contribution < -0.4 is 0 Å². The molecule has 70 valence electrons. The zero-order valence-corrected chi connectivity index (χ0v) is 7.67. The quantitative estimate of drug-likeness (QED) is 0.665. The fourth-order valence-corrected chi connectivity index (χ4v) is 1.12. The Balaban J connectivity index is 3.79. The van der Waals surface area contributed by atoms with Gasteiger partial charge in [-0.2, -0.15) is 0 Å². The summed E-state index contributed by atoms with van der Waals surface area (Å²) in [5.74, 6) is -1.05. The van der Waals surface area contributed by atoms with Gasteiger partial charge in [0.2, 0.25) is 0 Å². The van der Waals surface area contributed by atoms with Crippen molar-refractivity contribution in [1.29, 1.82) is 0 Å². The smallest absolute Gasteiger partial charge is 0.306 e. The van der Waals surface area contributed by atoms with Gasteiger partial charge in [0.15, 0.2) is 0 Å². The minimum Gasteiger partial charge on any atom is -0.481 e. The zero-order valence-electron chi connectivity index (χ0n) is 7.67. The van der Waals surface area contributed by atoms with Crippen molar-refractivity contribution < 1.29 is 14.7 Å². The van der Waals surface area contributed by atoms with Crippen molar-refractivity contribution in [2.24, 2.45) is 5.92 Å². The van der Waals surface area contributed by atoms with Gasteiger partial charge in [0.05, 0.1) is 5.92 Å². The summed E-state index contributed by atoms with van der Waals surface area (Å²) in [4.78, 5) is 21.2. The lowest BCUT2D eigenvalue weighted by Crippen LogP contribution is -2.14. The highest BCUT2D eigenvalue weighted by Crippen LogP contribution is 2.13. The second-order valence-electron chi connectivity index (χ2n) is 3.06. The van der Waals surface area contributed by atoms with Crippen molar-refractivity contribution in [3.63, 3.8) is 0 Å². The van der Waals surface area contributed by atoms with Crippen LogP contribution in [-0.4, -0.2) is 16.9 Å². The summed E-state index contributed by atoms with van der Waals surface area (Å²) in [5.41, 5.74) is 0. The van der Waals surface area contributed by atoms with E-state index in [2.05, 4.69) is 0 Å². The lowest BCUT2D eigenvalue weighted by atomic mass is 9.97. The number of aliphatic carboxylic acids is 1. The molecule has 1 atom stereocenters. The minimum atomic E-state index is -0.780. The first-order valence-electron chi connectivity index (χ1n) is 4.30. The largest absolute Gasteiger partial charge is 0.481 e. The molecule has 0 saturated carbocycles. The molecule has 0 amide bonds. The van der Waals surface area contributed by atoms with Gasteiger partial charge >= 0.3 is 5.97 Å². The molecule has 0 radical (unpaired) electrons. The van der Waals surface area contributed by atoms with Gasteiger partial charge in [0.1, 0.15) is 5.78 Å². The molecule has 0 spiro atoms. The second kappa shape index (κ2) is 5.75. The molecule has 1 unspecified atom stereocenters. The lowest BCUT2D eigenvalue weighted by Gasteiger charge is -2.08. The van der Waals surface area contributed by atoms with E-state index in [1.165, 1.54) is 6.92 Å². The Morgan fingerprint density at radius 2 is 1.92 bits per heavy atom. The van der Waals surface area contributed by atoms with Crippen molar-refractivity contribution >= 4 is 11.8 Å². The standard InChI is InChI=1S/C9H16O3/c1-3-4-8(9(11)12)6-5-7(2)10/h8H,3-6H2,1-2H3,(H,11,12). The maximum atomic E-state index is 10.6. The number of hydrogen-bond acceptors (Lipinski definition) is 2. The van der Waals surface area contributed by atoms with E-state index in [-0.39, 0.29) is 11.7 Å². The third-order valence-electron chi connectivity index (χ3n) is 1.83. The average Bonchev–Trinajstić information content (AvgIpc) is 1.96. The molecule has 0 aromatic rings. The predicted octanol–water partition coefficient (Wildman–Crippen LogP) is 1.86. The SMILES string of the molecule is CCCC(CCC(C)=O)C(=O)O. The summed E-state index contributed by atoms with van der Waals surface area (Å²) in [6, 6.07) is 0. The number of ketones is 1. The molecule has 0 rings (SSSR count). The molecule has 0 saturated heterocycles. The summed E-state index contributed by atoms with van der Waals surface area (Å²) in [6.07, 6.45) is 2.40. The molecule has 0 heterocycles. The first-order valence-corrected chi connectivity index (χ1v) is 4.30. The van der Waals surface area contributed by atoms with Gasteiger partial charge < -0.3 is 9.90 Å². The molecule has 0 aromatic carbocycles. The van der Waals surface area contributed by atoms with Crippen LogP contribution in [0.5, 0.6) is 0 Å². The molecule has 0 aliphatic rings. The molecule has 0 fully saturated rings. The predicted molar refractivity (Wildman–Crippen MR) is 45.9 cm³/mol. The Kier molecular flexibility index (Phi) is 5.34.